The van der Waals surface area contributed by atoms with Crippen LogP contribution < -0.4 is 5.32 Å². The largest absolute Gasteiger partial charge is 0.384 e. The van der Waals surface area contributed by atoms with Gasteiger partial charge in [0.2, 0.25) is 5.91 Å². The van der Waals surface area contributed by atoms with E-state index in [0.717, 1.165) is 24.8 Å². The van der Waals surface area contributed by atoms with Crippen LogP contribution in [0.1, 0.15) is 37.7 Å². The SMILES string of the molecule is COCC1(C(=O)NC[C@@H](C)c2ccc(F)cc2)CCC1. The minimum Gasteiger partial charge on any atom is -0.384 e. The van der Waals surface area contributed by atoms with Crippen LogP contribution in [0, 0.1) is 11.2 Å². The highest BCUT2D eigenvalue weighted by molar-refractivity contribution is 5.83. The predicted molar refractivity (Wildman–Crippen MR) is 76.0 cm³/mol. The zero-order chi connectivity index (χ0) is 14.6. The van der Waals surface area contributed by atoms with Gasteiger partial charge in [0, 0.05) is 13.7 Å². The summed E-state index contributed by atoms with van der Waals surface area (Å²) >= 11 is 0. The number of carbonyl (C=O) groups excluding carboxylic acids is 1. The van der Waals surface area contributed by atoms with Gasteiger partial charge in [-0.2, -0.15) is 0 Å². The van der Waals surface area contributed by atoms with E-state index in [-0.39, 0.29) is 23.1 Å². The predicted octanol–water partition coefficient (Wildman–Crippen LogP) is 2.86. The summed E-state index contributed by atoms with van der Waals surface area (Å²) in [4.78, 5) is 12.3. The number of hydrogen-bond acceptors (Lipinski definition) is 2. The summed E-state index contributed by atoms with van der Waals surface area (Å²) in [5.74, 6) is 0.0114. The first-order valence-electron chi connectivity index (χ1n) is 7.10. The molecule has 3 nitrogen and oxygen atoms in total. The molecule has 1 aliphatic rings. The third kappa shape index (κ3) is 3.18. The molecule has 1 aromatic carbocycles. The van der Waals surface area contributed by atoms with Crippen molar-refractivity contribution in [3.05, 3.63) is 35.6 Å². The average molecular weight is 279 g/mol. The molecule has 1 atom stereocenters. The molecule has 20 heavy (non-hydrogen) atoms. The van der Waals surface area contributed by atoms with Gasteiger partial charge in [-0.05, 0) is 36.5 Å². The Labute approximate surface area is 119 Å². The fourth-order valence-corrected chi connectivity index (χ4v) is 2.66. The van der Waals surface area contributed by atoms with Crippen molar-refractivity contribution in [3.8, 4) is 0 Å². The molecule has 0 aromatic heterocycles. The monoisotopic (exact) mass is 279 g/mol. The van der Waals surface area contributed by atoms with Crippen LogP contribution in [-0.4, -0.2) is 26.2 Å². The van der Waals surface area contributed by atoms with E-state index in [1.807, 2.05) is 6.92 Å². The smallest absolute Gasteiger partial charge is 0.228 e. The first-order valence-corrected chi connectivity index (χ1v) is 7.10. The lowest BCUT2D eigenvalue weighted by Crippen LogP contribution is -2.49. The molecule has 0 unspecified atom stereocenters. The summed E-state index contributed by atoms with van der Waals surface area (Å²) in [6.45, 7) is 3.08. The van der Waals surface area contributed by atoms with E-state index in [9.17, 15) is 9.18 Å². The second-order valence-corrected chi connectivity index (χ2v) is 5.73. The van der Waals surface area contributed by atoms with Gasteiger partial charge in [0.15, 0.2) is 0 Å². The minimum atomic E-state index is -0.322. The van der Waals surface area contributed by atoms with E-state index in [2.05, 4.69) is 5.32 Å². The van der Waals surface area contributed by atoms with E-state index in [0.29, 0.717) is 13.2 Å². The number of halogens is 1. The standard InChI is InChI=1S/C16H22FNO2/c1-12(13-4-6-14(17)7-5-13)10-18-15(19)16(11-20-2)8-3-9-16/h4-7,12H,3,8-11H2,1-2H3,(H,18,19)/t12-/m1/s1. The van der Waals surface area contributed by atoms with Gasteiger partial charge in [0.05, 0.1) is 12.0 Å². The minimum absolute atomic E-state index is 0.0829. The number of benzene rings is 1. The Bertz CT molecular complexity index is 454. The van der Waals surface area contributed by atoms with Crippen molar-refractivity contribution in [1.29, 1.82) is 0 Å². The molecule has 0 spiro atoms. The highest BCUT2D eigenvalue weighted by Gasteiger charge is 2.44. The average Bonchev–Trinajstić information content (AvgIpc) is 2.40. The maximum absolute atomic E-state index is 12.9. The van der Waals surface area contributed by atoms with Crippen LogP contribution in [0.4, 0.5) is 4.39 Å². The molecule has 0 saturated heterocycles. The normalized spacial score (nSPS) is 18.1. The van der Waals surface area contributed by atoms with E-state index < -0.39 is 0 Å². The Morgan fingerprint density at radius 2 is 2.05 bits per heavy atom. The molecule has 2 rings (SSSR count). The van der Waals surface area contributed by atoms with Crippen LogP contribution in [0.5, 0.6) is 0 Å². The van der Waals surface area contributed by atoms with Gasteiger partial charge in [-0.3, -0.25) is 4.79 Å². The fourth-order valence-electron chi connectivity index (χ4n) is 2.66. The van der Waals surface area contributed by atoms with Crippen LogP contribution in [-0.2, 0) is 9.53 Å². The van der Waals surface area contributed by atoms with E-state index in [4.69, 9.17) is 4.74 Å². The summed E-state index contributed by atoms with van der Waals surface area (Å²) in [5, 5.41) is 3.01. The molecule has 110 valence electrons. The molecule has 0 aliphatic heterocycles. The third-order valence-corrected chi connectivity index (χ3v) is 4.22. The molecule has 1 aromatic rings. The van der Waals surface area contributed by atoms with Crippen molar-refractivity contribution >= 4 is 5.91 Å². The van der Waals surface area contributed by atoms with E-state index >= 15 is 0 Å². The van der Waals surface area contributed by atoms with Crippen molar-refractivity contribution < 1.29 is 13.9 Å². The van der Waals surface area contributed by atoms with Crippen molar-refractivity contribution in [3.63, 3.8) is 0 Å². The Morgan fingerprint density at radius 1 is 1.40 bits per heavy atom. The lowest BCUT2D eigenvalue weighted by molar-refractivity contribution is -0.140. The number of nitrogens with one attached hydrogen (secondary N) is 1. The van der Waals surface area contributed by atoms with Gasteiger partial charge in [0.25, 0.3) is 0 Å². The van der Waals surface area contributed by atoms with Gasteiger partial charge in [-0.25, -0.2) is 4.39 Å². The van der Waals surface area contributed by atoms with Gasteiger partial charge in [-0.15, -0.1) is 0 Å². The molecular weight excluding hydrogens is 257 g/mol. The molecule has 4 heteroatoms. The summed E-state index contributed by atoms with van der Waals surface area (Å²) in [6, 6.07) is 6.43. The number of hydrogen-bond donors (Lipinski definition) is 1. The quantitative estimate of drug-likeness (QED) is 0.869. The second kappa shape index (κ2) is 6.35. The maximum Gasteiger partial charge on any atom is 0.228 e. The number of ether oxygens (including phenoxy) is 1. The van der Waals surface area contributed by atoms with E-state index in [1.165, 1.54) is 12.1 Å². The highest BCUT2D eigenvalue weighted by atomic mass is 19.1. The Morgan fingerprint density at radius 3 is 2.55 bits per heavy atom. The van der Waals surface area contributed by atoms with Crippen LogP contribution >= 0.6 is 0 Å². The van der Waals surface area contributed by atoms with Gasteiger partial charge in [0.1, 0.15) is 5.82 Å². The molecule has 0 bridgehead atoms. The molecule has 1 amide bonds. The van der Waals surface area contributed by atoms with Crippen LogP contribution in [0.2, 0.25) is 0 Å². The summed E-state index contributed by atoms with van der Waals surface area (Å²) in [6.07, 6.45) is 2.89. The Balaban J connectivity index is 1.88. The van der Waals surface area contributed by atoms with E-state index in [1.54, 1.807) is 19.2 Å². The lowest BCUT2D eigenvalue weighted by Gasteiger charge is -2.39. The van der Waals surface area contributed by atoms with Crippen molar-refractivity contribution in [2.75, 3.05) is 20.3 Å². The Kier molecular flexibility index (Phi) is 4.76. The van der Waals surface area contributed by atoms with Gasteiger partial charge < -0.3 is 10.1 Å². The van der Waals surface area contributed by atoms with Crippen molar-refractivity contribution in [2.24, 2.45) is 5.41 Å². The first kappa shape index (κ1) is 15.0. The van der Waals surface area contributed by atoms with Crippen molar-refractivity contribution in [1.82, 2.24) is 5.32 Å². The lowest BCUT2D eigenvalue weighted by atomic mass is 9.68. The van der Waals surface area contributed by atoms with Crippen LogP contribution in [0.25, 0.3) is 0 Å². The van der Waals surface area contributed by atoms with Gasteiger partial charge in [-0.1, -0.05) is 25.5 Å². The van der Waals surface area contributed by atoms with Gasteiger partial charge >= 0.3 is 0 Å². The highest BCUT2D eigenvalue weighted by Crippen LogP contribution is 2.41. The topological polar surface area (TPSA) is 38.3 Å². The second-order valence-electron chi connectivity index (χ2n) is 5.73. The molecule has 1 saturated carbocycles. The number of carbonyl (C=O) groups is 1. The van der Waals surface area contributed by atoms with Crippen LogP contribution in [0.3, 0.4) is 0 Å². The third-order valence-electron chi connectivity index (χ3n) is 4.22. The zero-order valence-corrected chi connectivity index (χ0v) is 12.1. The summed E-state index contributed by atoms with van der Waals surface area (Å²) in [7, 11) is 1.63. The summed E-state index contributed by atoms with van der Waals surface area (Å²) in [5.41, 5.74) is 0.707. The Hall–Kier alpha value is -1.42. The number of methoxy groups -OCH3 is 1. The zero-order valence-electron chi connectivity index (χ0n) is 12.1. The molecular formula is C16H22FNO2. The molecule has 1 aliphatic carbocycles. The van der Waals surface area contributed by atoms with Crippen LogP contribution in [0.15, 0.2) is 24.3 Å². The fraction of sp³-hybridized carbons (Fsp3) is 0.562. The van der Waals surface area contributed by atoms with Crippen molar-refractivity contribution in [2.45, 2.75) is 32.1 Å². The molecule has 0 heterocycles. The molecule has 0 radical (unpaired) electrons. The number of rotatable bonds is 6. The number of amides is 1. The first-order chi connectivity index (χ1) is 9.57. The molecule has 1 fully saturated rings. The summed E-state index contributed by atoms with van der Waals surface area (Å²) < 4.78 is 18.0. The molecule has 1 N–H and O–H groups in total. The maximum atomic E-state index is 12.9.